The summed E-state index contributed by atoms with van der Waals surface area (Å²) in [7, 11) is 1.63. The molecule has 3 rings (SSSR count). The maximum absolute atomic E-state index is 13.0. The summed E-state index contributed by atoms with van der Waals surface area (Å²) in [5.74, 6) is 0.782. The third-order valence-corrected chi connectivity index (χ3v) is 6.98. The van der Waals surface area contributed by atoms with Crippen molar-refractivity contribution >= 4 is 33.7 Å². The molecule has 3 aromatic rings. The molecule has 0 fully saturated rings. The maximum atomic E-state index is 13.0. The Morgan fingerprint density at radius 3 is 2.43 bits per heavy atom. The molecule has 3 nitrogen and oxygen atoms in total. The number of ether oxygens (including phenoxy) is 1. The van der Waals surface area contributed by atoms with Crippen molar-refractivity contribution in [1.82, 2.24) is 4.98 Å². The second-order valence-corrected chi connectivity index (χ2v) is 7.99. The summed E-state index contributed by atoms with van der Waals surface area (Å²) < 4.78 is 20.0. The van der Waals surface area contributed by atoms with E-state index in [0.29, 0.717) is 0 Å². The van der Waals surface area contributed by atoms with Crippen molar-refractivity contribution in [2.75, 3.05) is 7.11 Å². The van der Waals surface area contributed by atoms with Crippen LogP contribution < -0.4 is 13.7 Å². The number of H-pyrrole nitrogens is 1. The van der Waals surface area contributed by atoms with E-state index in [-0.39, 0.29) is 0 Å². The average molecular weight is 346 g/mol. The topological polar surface area (TPSA) is 42.1 Å². The Bertz CT molecular complexity index is 819. The molecular formula is C17H17NO2Se. The average Bonchev–Trinajstić information content (AvgIpc) is 2.84. The molecular weight excluding hydrogens is 329 g/mol. The van der Waals surface area contributed by atoms with Crippen molar-refractivity contribution in [3.63, 3.8) is 0 Å². The number of para-hydroxylation sites is 1. The molecule has 4 heteroatoms. The number of hydrogen-bond acceptors (Lipinski definition) is 2. The molecule has 0 radical (unpaired) electrons. The van der Waals surface area contributed by atoms with Crippen LogP contribution in [0.3, 0.4) is 0 Å². The Morgan fingerprint density at radius 2 is 1.76 bits per heavy atom. The van der Waals surface area contributed by atoms with Crippen LogP contribution in [-0.4, -0.2) is 25.9 Å². The molecule has 0 spiro atoms. The fourth-order valence-electron chi connectivity index (χ4n) is 2.53. The summed E-state index contributed by atoms with van der Waals surface area (Å²) >= 11 is -2.29. The van der Waals surface area contributed by atoms with Crippen molar-refractivity contribution < 1.29 is 8.57 Å². The van der Waals surface area contributed by atoms with Crippen LogP contribution >= 0.6 is 0 Å². The van der Waals surface area contributed by atoms with E-state index in [4.69, 9.17) is 4.74 Å². The molecule has 2 aromatic carbocycles. The van der Waals surface area contributed by atoms with Crippen LogP contribution in [0.4, 0.5) is 0 Å². The zero-order valence-electron chi connectivity index (χ0n) is 12.3. The first kappa shape index (κ1) is 14.1. The van der Waals surface area contributed by atoms with Gasteiger partial charge in [0.15, 0.2) is 0 Å². The second kappa shape index (κ2) is 5.47. The third-order valence-electron chi connectivity index (χ3n) is 3.63. The van der Waals surface area contributed by atoms with Gasteiger partial charge in [-0.15, -0.1) is 0 Å². The minimum atomic E-state index is -2.29. The number of fused-ring (bicyclic) bond motifs is 1. The molecule has 0 saturated carbocycles. The van der Waals surface area contributed by atoms with Gasteiger partial charge in [0.05, 0.1) is 0 Å². The van der Waals surface area contributed by atoms with Crippen LogP contribution in [0, 0.1) is 13.8 Å². The quantitative estimate of drug-likeness (QED) is 0.740. The Morgan fingerprint density at radius 1 is 1.05 bits per heavy atom. The molecule has 0 saturated heterocycles. The summed E-state index contributed by atoms with van der Waals surface area (Å²) in [6.45, 7) is 4.06. The van der Waals surface area contributed by atoms with Gasteiger partial charge < -0.3 is 0 Å². The SMILES string of the molecule is COc1ccc([Se](=O)c2c(C)[nH]c3c(C)cccc23)cc1. The van der Waals surface area contributed by atoms with Gasteiger partial charge in [0.1, 0.15) is 0 Å². The molecule has 108 valence electrons. The van der Waals surface area contributed by atoms with Crippen molar-refractivity contribution in [3.8, 4) is 5.75 Å². The first-order valence-electron chi connectivity index (χ1n) is 6.75. The molecule has 1 atom stereocenters. The van der Waals surface area contributed by atoms with Gasteiger partial charge in [-0.2, -0.15) is 0 Å². The molecule has 0 bridgehead atoms. The van der Waals surface area contributed by atoms with E-state index >= 15 is 0 Å². The Kier molecular flexibility index (Phi) is 3.66. The third kappa shape index (κ3) is 2.41. The molecule has 1 heterocycles. The molecule has 1 unspecified atom stereocenters. The van der Waals surface area contributed by atoms with Gasteiger partial charge in [0.25, 0.3) is 0 Å². The van der Waals surface area contributed by atoms with E-state index in [1.807, 2.05) is 43.3 Å². The van der Waals surface area contributed by atoms with Gasteiger partial charge in [-0.1, -0.05) is 0 Å². The predicted octanol–water partition coefficient (Wildman–Crippen LogP) is 2.33. The molecule has 21 heavy (non-hydrogen) atoms. The Labute approximate surface area is 128 Å². The van der Waals surface area contributed by atoms with Crippen molar-refractivity contribution in [3.05, 3.63) is 53.7 Å². The van der Waals surface area contributed by atoms with Gasteiger partial charge in [-0.3, -0.25) is 0 Å². The monoisotopic (exact) mass is 347 g/mol. The molecule has 1 aromatic heterocycles. The van der Waals surface area contributed by atoms with E-state index in [1.54, 1.807) is 7.11 Å². The van der Waals surface area contributed by atoms with E-state index in [9.17, 15) is 3.83 Å². The number of aromatic nitrogens is 1. The fraction of sp³-hybridized carbons (Fsp3) is 0.176. The second-order valence-electron chi connectivity index (χ2n) is 5.02. The number of aromatic amines is 1. The molecule has 0 aliphatic heterocycles. The Balaban J connectivity index is 2.13. The predicted molar refractivity (Wildman–Crippen MR) is 86.5 cm³/mol. The number of benzene rings is 2. The number of rotatable bonds is 3. The van der Waals surface area contributed by atoms with E-state index < -0.39 is 13.8 Å². The van der Waals surface area contributed by atoms with E-state index in [1.165, 1.54) is 5.56 Å². The van der Waals surface area contributed by atoms with Crippen molar-refractivity contribution in [1.29, 1.82) is 0 Å². The summed E-state index contributed by atoms with van der Waals surface area (Å²) in [5.41, 5.74) is 3.26. The van der Waals surface area contributed by atoms with Crippen molar-refractivity contribution in [2.45, 2.75) is 13.8 Å². The standard InChI is InChI=1S/C17H17NO2Se/c1-11-5-4-6-15-16(11)18-12(2)17(15)21(19)14-9-7-13(20-3)8-10-14/h4-10,18H,1-3H3. The molecule has 0 aliphatic carbocycles. The van der Waals surface area contributed by atoms with Gasteiger partial charge >= 0.3 is 128 Å². The van der Waals surface area contributed by atoms with Crippen LogP contribution in [-0.2, 0) is 3.83 Å². The number of aryl methyl sites for hydroxylation is 2. The van der Waals surface area contributed by atoms with Crippen LogP contribution in [0.15, 0.2) is 42.5 Å². The fourth-order valence-corrected chi connectivity index (χ4v) is 5.29. The molecule has 0 aliphatic rings. The van der Waals surface area contributed by atoms with E-state index in [0.717, 1.165) is 31.3 Å². The summed E-state index contributed by atoms with van der Waals surface area (Å²) in [4.78, 5) is 3.38. The van der Waals surface area contributed by atoms with Gasteiger partial charge in [-0.05, 0) is 0 Å². The first-order chi connectivity index (χ1) is 10.1. The van der Waals surface area contributed by atoms with Crippen LogP contribution in [0.2, 0.25) is 0 Å². The molecule has 1 N–H and O–H groups in total. The van der Waals surface area contributed by atoms with E-state index in [2.05, 4.69) is 18.0 Å². The Hall–Kier alpha value is -1.90. The minimum absolute atomic E-state index is 0.782. The summed E-state index contributed by atoms with van der Waals surface area (Å²) in [6, 6.07) is 13.6. The number of nitrogens with one attached hydrogen (secondary N) is 1. The van der Waals surface area contributed by atoms with Crippen molar-refractivity contribution in [2.24, 2.45) is 0 Å². The van der Waals surface area contributed by atoms with Gasteiger partial charge in [-0.25, -0.2) is 0 Å². The zero-order chi connectivity index (χ0) is 15.0. The normalized spacial score (nSPS) is 12.5. The molecule has 0 amide bonds. The van der Waals surface area contributed by atoms with Crippen LogP contribution in [0.1, 0.15) is 11.3 Å². The van der Waals surface area contributed by atoms with Gasteiger partial charge in [0, 0.05) is 0 Å². The van der Waals surface area contributed by atoms with Crippen LogP contribution in [0.5, 0.6) is 5.75 Å². The van der Waals surface area contributed by atoms with Gasteiger partial charge in [0.2, 0.25) is 0 Å². The zero-order valence-corrected chi connectivity index (χ0v) is 14.0. The number of methoxy groups -OCH3 is 1. The number of hydrogen-bond donors (Lipinski definition) is 1. The summed E-state index contributed by atoms with van der Waals surface area (Å²) in [5, 5.41) is 1.07. The summed E-state index contributed by atoms with van der Waals surface area (Å²) in [6.07, 6.45) is 0. The van der Waals surface area contributed by atoms with Crippen LogP contribution in [0.25, 0.3) is 10.9 Å². The first-order valence-corrected chi connectivity index (χ1v) is 9.17.